The molecule has 5 aliphatic rings. The molecule has 0 radical (unpaired) electrons. The van der Waals surface area contributed by atoms with Gasteiger partial charge in [0.2, 0.25) is 0 Å². The van der Waals surface area contributed by atoms with Gasteiger partial charge in [-0.15, -0.1) is 11.8 Å². The van der Waals surface area contributed by atoms with E-state index in [9.17, 15) is 4.39 Å². The van der Waals surface area contributed by atoms with Crippen LogP contribution < -0.4 is 0 Å². The van der Waals surface area contributed by atoms with Gasteiger partial charge < -0.3 is 0 Å². The fraction of sp³-hybridized carbons (Fsp3) is 0.875. The molecule has 1 aliphatic heterocycles. The minimum Gasteiger partial charge on any atom is -0.244 e. The van der Waals surface area contributed by atoms with Crippen molar-refractivity contribution in [3.8, 4) is 0 Å². The summed E-state index contributed by atoms with van der Waals surface area (Å²) in [6, 6.07) is 0. The van der Waals surface area contributed by atoms with Crippen LogP contribution in [0.25, 0.3) is 0 Å². The summed E-state index contributed by atoms with van der Waals surface area (Å²) < 4.78 is 15.2. The molecule has 4 aliphatic carbocycles. The maximum Gasteiger partial charge on any atom is 0.112 e. The van der Waals surface area contributed by atoms with Crippen molar-refractivity contribution in [3.05, 3.63) is 11.1 Å². The smallest absolute Gasteiger partial charge is 0.112 e. The molecule has 0 N–H and O–H groups in total. The third-order valence-electron chi connectivity index (χ3n) is 6.32. The monoisotopic (exact) mass is 266 g/mol. The van der Waals surface area contributed by atoms with Crippen LogP contribution in [0.5, 0.6) is 0 Å². The van der Waals surface area contributed by atoms with Crippen LogP contribution in [0.1, 0.15) is 52.4 Å². The Morgan fingerprint density at radius 2 is 1.72 bits per heavy atom. The summed E-state index contributed by atoms with van der Waals surface area (Å²) in [5.74, 6) is 3.25. The maximum absolute atomic E-state index is 14.8. The van der Waals surface area contributed by atoms with E-state index in [2.05, 4.69) is 25.6 Å². The van der Waals surface area contributed by atoms with Gasteiger partial charge in [0.15, 0.2) is 0 Å². The van der Waals surface area contributed by atoms with Crippen LogP contribution in [0.2, 0.25) is 0 Å². The molecular formula is C16H23FS. The molecule has 0 aromatic carbocycles. The van der Waals surface area contributed by atoms with E-state index in [0.717, 1.165) is 19.3 Å². The van der Waals surface area contributed by atoms with E-state index >= 15 is 0 Å². The van der Waals surface area contributed by atoms with Crippen LogP contribution in [0.15, 0.2) is 11.1 Å². The Bertz CT molecular complexity index is 409. The first-order chi connectivity index (χ1) is 8.51. The van der Waals surface area contributed by atoms with Crippen LogP contribution >= 0.6 is 11.8 Å². The quantitative estimate of drug-likeness (QED) is 0.570. The zero-order chi connectivity index (χ0) is 12.5. The van der Waals surface area contributed by atoms with Crippen molar-refractivity contribution in [2.24, 2.45) is 17.8 Å². The lowest BCUT2D eigenvalue weighted by atomic mass is 9.49. The number of allylic oxidation sites excluding steroid dienone is 1. The molecule has 4 saturated carbocycles. The van der Waals surface area contributed by atoms with Crippen LogP contribution in [0, 0.1) is 17.8 Å². The Labute approximate surface area is 114 Å². The number of alkyl halides is 1. The fourth-order valence-corrected chi connectivity index (χ4v) is 7.35. The van der Waals surface area contributed by atoms with Crippen LogP contribution in [-0.2, 0) is 0 Å². The van der Waals surface area contributed by atoms with Gasteiger partial charge in [0.25, 0.3) is 0 Å². The highest BCUT2D eigenvalue weighted by Gasteiger charge is 2.63. The zero-order valence-electron chi connectivity index (χ0n) is 11.5. The van der Waals surface area contributed by atoms with E-state index in [0.29, 0.717) is 22.5 Å². The average Bonchev–Trinajstić information content (AvgIpc) is 2.28. The minimum absolute atomic E-state index is 0.427. The van der Waals surface area contributed by atoms with Crippen molar-refractivity contribution < 1.29 is 4.39 Å². The summed E-state index contributed by atoms with van der Waals surface area (Å²) in [4.78, 5) is 0. The summed E-state index contributed by atoms with van der Waals surface area (Å²) in [6.45, 7) is 4.59. The highest BCUT2D eigenvalue weighted by Crippen LogP contribution is 2.67. The van der Waals surface area contributed by atoms with Gasteiger partial charge in [0, 0.05) is 10.5 Å². The topological polar surface area (TPSA) is 0 Å². The molecule has 0 nitrogen and oxygen atoms in total. The molecule has 18 heavy (non-hydrogen) atoms. The Morgan fingerprint density at radius 1 is 1.06 bits per heavy atom. The lowest BCUT2D eigenvalue weighted by Gasteiger charge is -2.64. The number of thioether (sulfide) groups is 1. The van der Waals surface area contributed by atoms with Gasteiger partial charge in [0.05, 0.1) is 0 Å². The standard InChI is InChI=1S/C16H23FS/c1-10-5-16(18-9-11(10)2)13-3-12-4-14(16)8-15(17,6-12)7-13/h12-14H,3-9H2,1-2H3/t12?,13-,14+,15?,16?. The second-order valence-corrected chi connectivity index (χ2v) is 8.81. The molecule has 1 spiro atoms. The van der Waals surface area contributed by atoms with Crippen molar-refractivity contribution in [1.82, 2.24) is 0 Å². The predicted octanol–water partition coefficient (Wildman–Crippen LogP) is 4.75. The molecule has 5 rings (SSSR count). The summed E-state index contributed by atoms with van der Waals surface area (Å²) in [6.07, 6.45) is 6.53. The molecule has 5 atom stereocenters. The summed E-state index contributed by atoms with van der Waals surface area (Å²) in [5, 5.41) is 0. The first-order valence-corrected chi connectivity index (χ1v) is 8.47. The normalized spacial score (nSPS) is 54.5. The molecule has 0 aromatic rings. The second kappa shape index (κ2) is 3.56. The fourth-order valence-electron chi connectivity index (χ4n) is 5.47. The summed E-state index contributed by atoms with van der Waals surface area (Å²) in [5.41, 5.74) is 2.41. The van der Waals surface area contributed by atoms with Gasteiger partial charge in [-0.3, -0.25) is 0 Å². The van der Waals surface area contributed by atoms with Gasteiger partial charge in [0.1, 0.15) is 5.67 Å². The van der Waals surface area contributed by atoms with Gasteiger partial charge in [-0.2, -0.15) is 0 Å². The molecule has 1 heterocycles. The van der Waals surface area contributed by atoms with E-state index in [4.69, 9.17) is 0 Å². The van der Waals surface area contributed by atoms with Crippen molar-refractivity contribution in [2.45, 2.75) is 62.8 Å². The first-order valence-electron chi connectivity index (χ1n) is 7.49. The molecule has 2 heteroatoms. The SMILES string of the molecule is CC1=C(C)CC2(SC1)[C@@H]1CC3C[C@H]2CC(F)(C3)C1. The lowest BCUT2D eigenvalue weighted by Crippen LogP contribution is -2.61. The third kappa shape index (κ3) is 1.44. The van der Waals surface area contributed by atoms with Gasteiger partial charge >= 0.3 is 0 Å². The Morgan fingerprint density at radius 3 is 2.28 bits per heavy atom. The third-order valence-corrected chi connectivity index (χ3v) is 8.25. The van der Waals surface area contributed by atoms with Crippen molar-refractivity contribution in [2.75, 3.05) is 5.75 Å². The Kier molecular flexibility index (Phi) is 2.34. The number of hydrogen-bond donors (Lipinski definition) is 0. The molecular weight excluding hydrogens is 243 g/mol. The number of halogens is 1. The van der Waals surface area contributed by atoms with Crippen LogP contribution in [-0.4, -0.2) is 16.2 Å². The number of rotatable bonds is 0. The van der Waals surface area contributed by atoms with Crippen molar-refractivity contribution in [3.63, 3.8) is 0 Å². The average molecular weight is 266 g/mol. The van der Waals surface area contributed by atoms with Crippen LogP contribution in [0.3, 0.4) is 0 Å². The molecule has 100 valence electrons. The summed E-state index contributed by atoms with van der Waals surface area (Å²) >= 11 is 2.19. The molecule has 3 unspecified atom stereocenters. The van der Waals surface area contributed by atoms with E-state index in [1.54, 1.807) is 11.1 Å². The lowest BCUT2D eigenvalue weighted by molar-refractivity contribution is -0.0956. The van der Waals surface area contributed by atoms with Crippen molar-refractivity contribution >= 4 is 11.8 Å². The predicted molar refractivity (Wildman–Crippen MR) is 75.6 cm³/mol. The van der Waals surface area contributed by atoms with Crippen molar-refractivity contribution in [1.29, 1.82) is 0 Å². The van der Waals surface area contributed by atoms with Crippen LogP contribution in [0.4, 0.5) is 4.39 Å². The van der Waals surface area contributed by atoms with Gasteiger partial charge in [-0.05, 0) is 70.1 Å². The molecule has 0 aromatic heterocycles. The largest absolute Gasteiger partial charge is 0.244 e. The van der Waals surface area contributed by atoms with E-state index < -0.39 is 5.67 Å². The maximum atomic E-state index is 14.8. The first kappa shape index (κ1) is 11.8. The highest BCUT2D eigenvalue weighted by atomic mass is 32.2. The molecule has 4 bridgehead atoms. The highest BCUT2D eigenvalue weighted by molar-refractivity contribution is 8.00. The Hall–Kier alpha value is 0.0200. The zero-order valence-corrected chi connectivity index (χ0v) is 12.3. The molecule has 0 saturated heterocycles. The second-order valence-electron chi connectivity index (χ2n) is 7.48. The molecule has 0 amide bonds. The van der Waals surface area contributed by atoms with E-state index in [1.165, 1.54) is 25.0 Å². The van der Waals surface area contributed by atoms with Gasteiger partial charge in [-0.1, -0.05) is 11.1 Å². The van der Waals surface area contributed by atoms with E-state index in [1.807, 2.05) is 0 Å². The Balaban J connectivity index is 1.72. The van der Waals surface area contributed by atoms with E-state index in [-0.39, 0.29) is 0 Å². The molecule has 4 fully saturated rings. The minimum atomic E-state index is -0.771. The van der Waals surface area contributed by atoms with Gasteiger partial charge in [-0.25, -0.2) is 4.39 Å². The summed E-state index contributed by atoms with van der Waals surface area (Å²) in [7, 11) is 0. The number of hydrogen-bond acceptors (Lipinski definition) is 1.